The van der Waals surface area contributed by atoms with Crippen molar-refractivity contribution in [1.29, 1.82) is 0 Å². The summed E-state index contributed by atoms with van der Waals surface area (Å²) in [5.74, 6) is 1.71. The lowest BCUT2D eigenvalue weighted by molar-refractivity contribution is 0.281. The number of benzene rings is 2. The lowest BCUT2D eigenvalue weighted by Crippen LogP contribution is -1.90. The van der Waals surface area contributed by atoms with Crippen molar-refractivity contribution in [2.24, 2.45) is 0 Å². The number of ether oxygens (including phenoxy) is 2. The Kier molecular flexibility index (Phi) is 10.7. The summed E-state index contributed by atoms with van der Waals surface area (Å²) >= 11 is 10.2. The lowest BCUT2D eigenvalue weighted by Gasteiger charge is -2.04. The zero-order chi connectivity index (χ0) is 17.9. The van der Waals surface area contributed by atoms with Gasteiger partial charge in [-0.1, -0.05) is 59.9 Å². The molecule has 0 heterocycles. The van der Waals surface area contributed by atoms with Crippen molar-refractivity contribution < 1.29 is 14.6 Å². The molecule has 2 aromatic carbocycles. The molecule has 0 aliphatic rings. The molecule has 1 N–H and O–H groups in total. The Morgan fingerprint density at radius 2 is 1.00 bits per heavy atom. The van der Waals surface area contributed by atoms with Gasteiger partial charge in [0.05, 0.1) is 20.8 Å². The van der Waals surface area contributed by atoms with Gasteiger partial charge in [0.2, 0.25) is 0 Å². The first kappa shape index (κ1) is 21.5. The van der Waals surface area contributed by atoms with Gasteiger partial charge in [-0.25, -0.2) is 0 Å². The number of methoxy groups -OCH3 is 2. The van der Waals surface area contributed by atoms with Crippen LogP contribution in [0.4, 0.5) is 0 Å². The fourth-order valence-electron chi connectivity index (χ4n) is 2.02. The maximum atomic E-state index is 8.91. The largest absolute Gasteiger partial charge is 0.497 e. The molecule has 2 aromatic rings. The second-order valence-electron chi connectivity index (χ2n) is 4.94. The highest BCUT2D eigenvalue weighted by atomic mass is 79.9. The van der Waals surface area contributed by atoms with Crippen LogP contribution in [0.3, 0.4) is 0 Å². The second-order valence-corrected chi connectivity index (χ2v) is 6.62. The van der Waals surface area contributed by atoms with E-state index in [0.29, 0.717) is 0 Å². The van der Waals surface area contributed by atoms with Gasteiger partial charge in [0.25, 0.3) is 0 Å². The number of aliphatic hydroxyl groups is 1. The topological polar surface area (TPSA) is 38.7 Å². The summed E-state index contributed by atoms with van der Waals surface area (Å²) in [7, 11) is 3.31. The standard InChI is InChI=1S/C9H10Br2O.C9H11BrO2/c2*1-12-9-3-7(5-10)2-8(4-9)6-11/h2-4H,5-6H2,1H3;2-4,11H,5-6H2,1H3. The van der Waals surface area contributed by atoms with Gasteiger partial charge >= 0.3 is 0 Å². The van der Waals surface area contributed by atoms with Gasteiger partial charge in [0, 0.05) is 16.0 Å². The molecule has 0 unspecified atom stereocenters. The summed E-state index contributed by atoms with van der Waals surface area (Å²) in [6.07, 6.45) is 0. The Balaban J connectivity index is 0.000000240. The minimum Gasteiger partial charge on any atom is -0.497 e. The zero-order valence-electron chi connectivity index (χ0n) is 13.7. The summed E-state index contributed by atoms with van der Waals surface area (Å²) in [6, 6.07) is 11.9. The Labute approximate surface area is 168 Å². The van der Waals surface area contributed by atoms with Crippen molar-refractivity contribution in [3.8, 4) is 11.5 Å². The van der Waals surface area contributed by atoms with Gasteiger partial charge in [0.15, 0.2) is 0 Å². The van der Waals surface area contributed by atoms with E-state index in [-0.39, 0.29) is 6.61 Å². The Bertz CT molecular complexity index is 467. The van der Waals surface area contributed by atoms with Crippen LogP contribution in [0, 0.1) is 0 Å². The molecular formula is C18H21Br3O3. The van der Waals surface area contributed by atoms with Crippen LogP contribution < -0.4 is 9.47 Å². The van der Waals surface area contributed by atoms with Crippen molar-refractivity contribution in [2.45, 2.75) is 22.6 Å². The molecule has 2 rings (SSSR count). The molecule has 0 aromatic heterocycles. The number of hydrogen-bond donors (Lipinski definition) is 1. The first-order valence-electron chi connectivity index (χ1n) is 7.22. The normalized spacial score (nSPS) is 9.92. The van der Waals surface area contributed by atoms with Gasteiger partial charge in [-0.3, -0.25) is 0 Å². The molecule has 132 valence electrons. The molecule has 6 heteroatoms. The second kappa shape index (κ2) is 11.9. The Morgan fingerprint density at radius 3 is 1.29 bits per heavy atom. The van der Waals surface area contributed by atoms with E-state index >= 15 is 0 Å². The van der Waals surface area contributed by atoms with Crippen LogP contribution in [0.1, 0.15) is 22.3 Å². The van der Waals surface area contributed by atoms with Crippen molar-refractivity contribution >= 4 is 47.8 Å². The van der Waals surface area contributed by atoms with Gasteiger partial charge in [0.1, 0.15) is 11.5 Å². The molecule has 24 heavy (non-hydrogen) atoms. The maximum Gasteiger partial charge on any atom is 0.119 e. The quantitative estimate of drug-likeness (QED) is 0.502. The summed E-state index contributed by atoms with van der Waals surface area (Å²) in [5.41, 5.74) is 4.47. The van der Waals surface area contributed by atoms with E-state index in [1.807, 2.05) is 30.3 Å². The molecule has 0 saturated heterocycles. The molecule has 0 bridgehead atoms. The van der Waals surface area contributed by atoms with E-state index < -0.39 is 0 Å². The van der Waals surface area contributed by atoms with E-state index in [0.717, 1.165) is 38.6 Å². The van der Waals surface area contributed by atoms with Crippen molar-refractivity contribution in [2.75, 3.05) is 14.2 Å². The highest BCUT2D eigenvalue weighted by Gasteiger charge is 1.99. The molecule has 3 nitrogen and oxygen atoms in total. The Hall–Kier alpha value is -0.560. The van der Waals surface area contributed by atoms with E-state index in [1.54, 1.807) is 14.2 Å². The van der Waals surface area contributed by atoms with E-state index in [1.165, 1.54) is 11.1 Å². The van der Waals surface area contributed by atoms with Crippen molar-refractivity contribution in [3.05, 3.63) is 58.7 Å². The molecule has 0 aliphatic carbocycles. The number of rotatable bonds is 6. The molecule has 0 saturated carbocycles. The highest BCUT2D eigenvalue weighted by molar-refractivity contribution is 9.09. The molecular weight excluding hydrogens is 504 g/mol. The monoisotopic (exact) mass is 522 g/mol. The predicted molar refractivity (Wildman–Crippen MR) is 110 cm³/mol. The third-order valence-corrected chi connectivity index (χ3v) is 5.11. The number of alkyl halides is 3. The average Bonchev–Trinajstić information content (AvgIpc) is 2.67. The third kappa shape index (κ3) is 7.13. The summed E-state index contributed by atoms with van der Waals surface area (Å²) in [6.45, 7) is 0.0528. The molecule has 0 radical (unpaired) electrons. The van der Waals surface area contributed by atoms with Gasteiger partial charge in [-0.2, -0.15) is 0 Å². The van der Waals surface area contributed by atoms with Crippen LogP contribution in [-0.2, 0) is 22.6 Å². The lowest BCUT2D eigenvalue weighted by atomic mass is 10.1. The summed E-state index contributed by atoms with van der Waals surface area (Å²) < 4.78 is 10.2. The van der Waals surface area contributed by atoms with Crippen molar-refractivity contribution in [1.82, 2.24) is 0 Å². The van der Waals surface area contributed by atoms with Crippen LogP contribution in [0.25, 0.3) is 0 Å². The molecule has 0 atom stereocenters. The third-order valence-electron chi connectivity index (χ3n) is 3.17. The van der Waals surface area contributed by atoms with Crippen LogP contribution in [-0.4, -0.2) is 19.3 Å². The van der Waals surface area contributed by atoms with Gasteiger partial charge in [-0.05, 0) is 46.5 Å². The molecule has 0 spiro atoms. The van der Waals surface area contributed by atoms with Gasteiger partial charge in [-0.15, -0.1) is 0 Å². The number of aliphatic hydroxyl groups excluding tert-OH is 1. The van der Waals surface area contributed by atoms with Crippen LogP contribution in [0.2, 0.25) is 0 Å². The first-order valence-corrected chi connectivity index (χ1v) is 10.6. The van der Waals surface area contributed by atoms with Gasteiger partial charge < -0.3 is 14.6 Å². The summed E-state index contributed by atoms with van der Waals surface area (Å²) in [5, 5.41) is 11.4. The minimum absolute atomic E-state index is 0.0528. The molecule has 0 amide bonds. The molecule has 0 aliphatic heterocycles. The van der Waals surface area contributed by atoms with E-state index in [9.17, 15) is 0 Å². The average molecular weight is 525 g/mol. The predicted octanol–water partition coefficient (Wildman–Crippen LogP) is 5.57. The van der Waals surface area contributed by atoms with Crippen molar-refractivity contribution in [3.63, 3.8) is 0 Å². The molecule has 0 fully saturated rings. The van der Waals surface area contributed by atoms with Crippen LogP contribution in [0.15, 0.2) is 36.4 Å². The number of hydrogen-bond acceptors (Lipinski definition) is 3. The number of halogens is 3. The maximum absolute atomic E-state index is 8.91. The van der Waals surface area contributed by atoms with E-state index in [2.05, 4.69) is 53.9 Å². The van der Waals surface area contributed by atoms with E-state index in [4.69, 9.17) is 14.6 Å². The highest BCUT2D eigenvalue weighted by Crippen LogP contribution is 2.20. The first-order chi connectivity index (χ1) is 11.6. The van der Waals surface area contributed by atoms with Crippen LogP contribution >= 0.6 is 47.8 Å². The zero-order valence-corrected chi connectivity index (χ0v) is 18.4. The smallest absolute Gasteiger partial charge is 0.119 e. The fourth-order valence-corrected chi connectivity index (χ4v) is 2.99. The van der Waals surface area contributed by atoms with Crippen LogP contribution in [0.5, 0.6) is 11.5 Å². The SMILES string of the molecule is COc1cc(CBr)cc(CBr)c1.COc1cc(CO)cc(CBr)c1. The minimum atomic E-state index is 0.0528. The summed E-state index contributed by atoms with van der Waals surface area (Å²) in [4.78, 5) is 0. The Morgan fingerprint density at radius 1 is 0.667 bits per heavy atom. The fraction of sp³-hybridized carbons (Fsp3) is 0.333.